The van der Waals surface area contributed by atoms with Crippen molar-refractivity contribution < 1.29 is 4.39 Å². The highest BCUT2D eigenvalue weighted by Crippen LogP contribution is 2.28. The Hall–Kier alpha value is -1.51. The number of halogens is 2. The third-order valence-corrected chi connectivity index (χ3v) is 4.85. The van der Waals surface area contributed by atoms with Crippen molar-refractivity contribution in [3.05, 3.63) is 23.0 Å². The molecule has 24 heavy (non-hydrogen) atoms. The van der Waals surface area contributed by atoms with E-state index in [0.29, 0.717) is 16.7 Å². The average Bonchev–Trinajstić information content (AvgIpc) is 2.61. The van der Waals surface area contributed by atoms with Crippen molar-refractivity contribution in [3.63, 3.8) is 0 Å². The van der Waals surface area contributed by atoms with E-state index in [0.717, 1.165) is 56.2 Å². The molecule has 3 heterocycles. The molecule has 1 fully saturated rings. The fraction of sp³-hybridized carbons (Fsp3) is 0.533. The minimum absolute atomic E-state index is 0.306. The highest BCUT2D eigenvalue weighted by atomic mass is 35.5. The molecule has 2 aliphatic rings. The standard InChI is InChI=1S/C15H20ClFN6S/c16-11-1-4-19-14-12(2-5-18-13(11)14)20-21-15(24)23-9-7-22(6-3-17)8-10-23/h1,4,18H,2-3,5-10H2,(H,21,24)/b20-12-. The second kappa shape index (κ2) is 8.04. The SMILES string of the molecule is FCCN1CCN(C(=S)N/N=C2/CCNc3c(Cl)ccnc32)CC1. The van der Waals surface area contributed by atoms with Crippen LogP contribution in [0.5, 0.6) is 0 Å². The van der Waals surface area contributed by atoms with Gasteiger partial charge in [0.1, 0.15) is 12.4 Å². The summed E-state index contributed by atoms with van der Waals surface area (Å²) in [5.41, 5.74) is 5.39. The van der Waals surface area contributed by atoms with Crippen LogP contribution in [0, 0.1) is 0 Å². The second-order valence-corrected chi connectivity index (χ2v) is 6.48. The summed E-state index contributed by atoms with van der Waals surface area (Å²) >= 11 is 11.6. The second-order valence-electron chi connectivity index (χ2n) is 5.69. The lowest BCUT2D eigenvalue weighted by Crippen LogP contribution is -2.51. The molecule has 1 aromatic heterocycles. The van der Waals surface area contributed by atoms with Crippen LogP contribution in [-0.2, 0) is 0 Å². The van der Waals surface area contributed by atoms with Crippen LogP contribution in [0.1, 0.15) is 12.1 Å². The number of piperazine rings is 1. The van der Waals surface area contributed by atoms with Gasteiger partial charge in [-0.2, -0.15) is 5.10 Å². The summed E-state index contributed by atoms with van der Waals surface area (Å²) in [7, 11) is 0. The van der Waals surface area contributed by atoms with E-state index in [1.54, 1.807) is 12.3 Å². The molecule has 6 nitrogen and oxygen atoms in total. The summed E-state index contributed by atoms with van der Waals surface area (Å²) < 4.78 is 12.4. The van der Waals surface area contributed by atoms with E-state index in [9.17, 15) is 4.39 Å². The van der Waals surface area contributed by atoms with E-state index < -0.39 is 0 Å². The molecule has 0 bridgehead atoms. The Morgan fingerprint density at radius 1 is 1.42 bits per heavy atom. The van der Waals surface area contributed by atoms with Crippen molar-refractivity contribution in [1.29, 1.82) is 0 Å². The lowest BCUT2D eigenvalue weighted by Gasteiger charge is -2.35. The summed E-state index contributed by atoms with van der Waals surface area (Å²) in [6, 6.07) is 1.76. The first-order chi connectivity index (χ1) is 11.7. The number of pyridine rings is 1. The van der Waals surface area contributed by atoms with E-state index in [-0.39, 0.29) is 6.67 Å². The molecule has 0 unspecified atom stereocenters. The third kappa shape index (κ3) is 3.93. The number of thiocarbonyl (C=S) groups is 1. The minimum atomic E-state index is -0.306. The van der Waals surface area contributed by atoms with Gasteiger partial charge < -0.3 is 10.2 Å². The van der Waals surface area contributed by atoms with Gasteiger partial charge in [0.15, 0.2) is 5.11 Å². The van der Waals surface area contributed by atoms with Crippen molar-refractivity contribution in [2.75, 3.05) is 51.3 Å². The molecule has 0 amide bonds. The predicted molar refractivity (Wildman–Crippen MR) is 98.6 cm³/mol. The van der Waals surface area contributed by atoms with Crippen LogP contribution in [0.3, 0.4) is 0 Å². The van der Waals surface area contributed by atoms with E-state index in [1.807, 2.05) is 0 Å². The Morgan fingerprint density at radius 3 is 2.96 bits per heavy atom. The molecule has 3 rings (SSSR count). The largest absolute Gasteiger partial charge is 0.382 e. The maximum absolute atomic E-state index is 12.4. The Morgan fingerprint density at radius 2 is 2.21 bits per heavy atom. The van der Waals surface area contributed by atoms with Crippen LogP contribution in [-0.4, -0.2) is 71.6 Å². The van der Waals surface area contributed by atoms with Crippen LogP contribution in [0.4, 0.5) is 10.1 Å². The molecule has 0 spiro atoms. The molecule has 0 saturated carbocycles. The van der Waals surface area contributed by atoms with Crippen molar-refractivity contribution in [2.24, 2.45) is 5.10 Å². The fourth-order valence-electron chi connectivity index (χ4n) is 2.84. The first-order valence-corrected chi connectivity index (χ1v) is 8.76. The molecule has 1 saturated heterocycles. The third-order valence-electron chi connectivity index (χ3n) is 4.18. The number of alkyl halides is 1. The molecular weight excluding hydrogens is 351 g/mol. The quantitative estimate of drug-likeness (QED) is 0.624. The van der Waals surface area contributed by atoms with Gasteiger partial charge in [-0.15, -0.1) is 0 Å². The molecule has 1 aromatic rings. The van der Waals surface area contributed by atoms with Crippen LogP contribution in [0.2, 0.25) is 5.02 Å². The minimum Gasteiger partial charge on any atom is -0.382 e. The monoisotopic (exact) mass is 370 g/mol. The van der Waals surface area contributed by atoms with Crippen LogP contribution >= 0.6 is 23.8 Å². The number of hydrogen-bond acceptors (Lipinski definition) is 5. The van der Waals surface area contributed by atoms with Gasteiger partial charge in [-0.05, 0) is 18.3 Å². The fourth-order valence-corrected chi connectivity index (χ4v) is 3.28. The van der Waals surface area contributed by atoms with Gasteiger partial charge in [0.05, 0.1) is 16.4 Å². The number of aromatic nitrogens is 1. The zero-order valence-electron chi connectivity index (χ0n) is 13.3. The van der Waals surface area contributed by atoms with Gasteiger partial charge in [-0.1, -0.05) is 11.6 Å². The first kappa shape index (κ1) is 17.3. The molecule has 0 aromatic carbocycles. The number of rotatable bonds is 3. The lowest BCUT2D eigenvalue weighted by atomic mass is 10.1. The average molecular weight is 371 g/mol. The Bertz CT molecular complexity index is 632. The Labute approximate surface area is 151 Å². The van der Waals surface area contributed by atoms with Crippen molar-refractivity contribution in [3.8, 4) is 0 Å². The highest BCUT2D eigenvalue weighted by Gasteiger charge is 2.21. The molecule has 9 heteroatoms. The molecular formula is C15H20ClFN6S. The van der Waals surface area contributed by atoms with Gasteiger partial charge in [-0.3, -0.25) is 15.3 Å². The Balaban J connectivity index is 1.61. The molecule has 0 atom stereocenters. The highest BCUT2D eigenvalue weighted by molar-refractivity contribution is 7.80. The lowest BCUT2D eigenvalue weighted by molar-refractivity contribution is 0.170. The van der Waals surface area contributed by atoms with Crippen LogP contribution in [0.25, 0.3) is 0 Å². The molecule has 2 aliphatic heterocycles. The van der Waals surface area contributed by atoms with E-state index in [2.05, 4.69) is 30.6 Å². The summed E-state index contributed by atoms with van der Waals surface area (Å²) in [5, 5.41) is 8.92. The number of fused-ring (bicyclic) bond motifs is 1. The zero-order valence-corrected chi connectivity index (χ0v) is 14.8. The normalized spacial score (nSPS) is 19.8. The summed E-state index contributed by atoms with van der Waals surface area (Å²) in [6.45, 7) is 4.12. The number of nitrogens with zero attached hydrogens (tertiary/aromatic N) is 4. The van der Waals surface area contributed by atoms with Crippen LogP contribution < -0.4 is 10.7 Å². The topological polar surface area (TPSA) is 55.8 Å². The Kier molecular flexibility index (Phi) is 5.80. The molecule has 2 N–H and O–H groups in total. The summed E-state index contributed by atoms with van der Waals surface area (Å²) in [6.07, 6.45) is 2.42. The maximum Gasteiger partial charge on any atom is 0.189 e. The van der Waals surface area contributed by atoms with Gasteiger partial charge in [-0.25, -0.2) is 4.39 Å². The molecule has 0 aliphatic carbocycles. The number of nitrogens with one attached hydrogen (secondary N) is 2. The molecule has 130 valence electrons. The van der Waals surface area contributed by atoms with E-state index >= 15 is 0 Å². The van der Waals surface area contributed by atoms with Gasteiger partial charge in [0.2, 0.25) is 0 Å². The van der Waals surface area contributed by atoms with Crippen molar-refractivity contribution in [2.45, 2.75) is 6.42 Å². The number of anilines is 1. The van der Waals surface area contributed by atoms with E-state index in [1.165, 1.54) is 0 Å². The van der Waals surface area contributed by atoms with E-state index in [4.69, 9.17) is 23.8 Å². The summed E-state index contributed by atoms with van der Waals surface area (Å²) in [4.78, 5) is 8.52. The van der Waals surface area contributed by atoms with Gasteiger partial charge in [0.25, 0.3) is 0 Å². The first-order valence-electron chi connectivity index (χ1n) is 7.97. The summed E-state index contributed by atoms with van der Waals surface area (Å²) in [5.74, 6) is 0. The zero-order chi connectivity index (χ0) is 16.9. The maximum atomic E-state index is 12.4. The van der Waals surface area contributed by atoms with Crippen molar-refractivity contribution in [1.82, 2.24) is 20.2 Å². The van der Waals surface area contributed by atoms with Crippen molar-refractivity contribution >= 4 is 40.3 Å². The predicted octanol–water partition coefficient (Wildman–Crippen LogP) is 1.72. The smallest absolute Gasteiger partial charge is 0.189 e. The van der Waals surface area contributed by atoms with Gasteiger partial charge in [0, 0.05) is 51.9 Å². The number of hydrazone groups is 1. The molecule has 0 radical (unpaired) electrons. The number of hydrogen-bond donors (Lipinski definition) is 2. The van der Waals surface area contributed by atoms with Gasteiger partial charge >= 0.3 is 0 Å². The van der Waals surface area contributed by atoms with Crippen LogP contribution in [0.15, 0.2) is 17.4 Å².